The average molecular weight is 492 g/mol. The van der Waals surface area contributed by atoms with Crippen molar-refractivity contribution in [3.05, 3.63) is 17.0 Å². The summed E-state index contributed by atoms with van der Waals surface area (Å²) in [6, 6.07) is 0.751. The molecule has 1 rings (SSSR count). The largest absolute Gasteiger partial charge is 0.357 e. The highest BCUT2D eigenvalue weighted by Gasteiger charge is 2.16. The second kappa shape index (κ2) is 12.6. The highest BCUT2D eigenvalue weighted by Crippen LogP contribution is 2.14. The molecule has 2 N–H and O–H groups in total. The molecule has 0 fully saturated rings. The van der Waals surface area contributed by atoms with E-state index in [1.165, 1.54) is 11.3 Å². The zero-order valence-corrected chi connectivity index (χ0v) is 21.1. The van der Waals surface area contributed by atoms with Crippen molar-refractivity contribution in [2.75, 3.05) is 27.2 Å². The molecule has 0 bridgehead atoms. The third-order valence-electron chi connectivity index (χ3n) is 4.83. The predicted molar refractivity (Wildman–Crippen MR) is 127 cm³/mol. The van der Waals surface area contributed by atoms with Gasteiger partial charge in [-0.25, -0.2) is 0 Å². The average Bonchev–Trinajstić information content (AvgIpc) is 2.77. The van der Waals surface area contributed by atoms with Gasteiger partial charge in [-0.1, -0.05) is 13.8 Å². The maximum Gasteiger partial charge on any atom is 0.191 e. The normalized spacial score (nSPS) is 14.3. The first-order chi connectivity index (χ1) is 12.1. The fraction of sp³-hybridized carbons (Fsp3) is 0.800. The van der Waals surface area contributed by atoms with Crippen molar-refractivity contribution in [3.8, 4) is 0 Å². The third-order valence-corrected chi connectivity index (χ3v) is 4.83. The van der Waals surface area contributed by atoms with E-state index in [1.807, 2.05) is 11.7 Å². The van der Waals surface area contributed by atoms with Crippen LogP contribution < -0.4 is 10.6 Å². The molecule has 0 aromatic carbocycles. The van der Waals surface area contributed by atoms with E-state index in [1.54, 1.807) is 0 Å². The quantitative estimate of drug-likeness (QED) is 0.316. The molecule has 0 saturated carbocycles. The number of rotatable bonds is 9. The minimum Gasteiger partial charge on any atom is -0.357 e. The monoisotopic (exact) mass is 492 g/mol. The van der Waals surface area contributed by atoms with Crippen LogP contribution in [0.1, 0.15) is 51.1 Å². The van der Waals surface area contributed by atoms with Crippen LogP contribution in [0.3, 0.4) is 0 Å². The van der Waals surface area contributed by atoms with Crippen LogP contribution >= 0.6 is 24.0 Å². The minimum atomic E-state index is 0. The van der Waals surface area contributed by atoms with Gasteiger partial charge in [0.05, 0.1) is 12.2 Å². The zero-order chi connectivity index (χ0) is 19.9. The Labute approximate surface area is 183 Å². The van der Waals surface area contributed by atoms with Crippen molar-refractivity contribution in [1.29, 1.82) is 0 Å². The zero-order valence-electron chi connectivity index (χ0n) is 18.8. The summed E-state index contributed by atoms with van der Waals surface area (Å²) < 4.78 is 1.96. The fourth-order valence-corrected chi connectivity index (χ4v) is 3.21. The lowest BCUT2D eigenvalue weighted by molar-refractivity contribution is 0.261. The van der Waals surface area contributed by atoms with Crippen LogP contribution in [0.15, 0.2) is 4.99 Å². The maximum atomic E-state index is 4.85. The second-order valence-electron chi connectivity index (χ2n) is 7.99. The van der Waals surface area contributed by atoms with E-state index >= 15 is 0 Å². The summed E-state index contributed by atoms with van der Waals surface area (Å²) in [4.78, 5) is 7.13. The molecular weight excluding hydrogens is 451 g/mol. The molecular formula is C20H41IN6. The molecule has 27 heavy (non-hydrogen) atoms. The first kappa shape index (κ1) is 26.2. The van der Waals surface area contributed by atoms with Gasteiger partial charge in [0, 0.05) is 31.4 Å². The Balaban J connectivity index is 0.00000676. The number of hydrogen-bond acceptors (Lipinski definition) is 3. The molecule has 0 saturated heterocycles. The number of halogens is 1. The number of likely N-dealkylation sites (N-methyl/N-ethyl adjacent to an activating group) is 1. The third kappa shape index (κ3) is 8.81. The van der Waals surface area contributed by atoms with E-state index in [9.17, 15) is 0 Å². The van der Waals surface area contributed by atoms with Gasteiger partial charge in [-0.05, 0) is 66.1 Å². The number of nitrogens with one attached hydrogen (secondary N) is 2. The number of aromatic nitrogens is 2. The Kier molecular flexibility index (Phi) is 12.2. The minimum absolute atomic E-state index is 0. The van der Waals surface area contributed by atoms with Crippen molar-refractivity contribution < 1.29 is 0 Å². The van der Waals surface area contributed by atoms with Crippen molar-refractivity contribution in [2.45, 2.75) is 66.5 Å². The van der Waals surface area contributed by atoms with Gasteiger partial charge in [-0.3, -0.25) is 9.67 Å². The van der Waals surface area contributed by atoms with E-state index < -0.39 is 0 Å². The van der Waals surface area contributed by atoms with Gasteiger partial charge in [-0.2, -0.15) is 5.10 Å². The Morgan fingerprint density at radius 1 is 1.22 bits per heavy atom. The number of guanidine groups is 1. The maximum absolute atomic E-state index is 4.85. The molecule has 2 unspecified atom stereocenters. The van der Waals surface area contributed by atoms with Gasteiger partial charge in [0.1, 0.15) is 0 Å². The molecule has 1 aromatic rings. The Morgan fingerprint density at radius 3 is 2.30 bits per heavy atom. The lowest BCUT2D eigenvalue weighted by Gasteiger charge is -2.25. The molecule has 0 aliphatic heterocycles. The molecule has 0 radical (unpaired) electrons. The summed E-state index contributed by atoms with van der Waals surface area (Å²) in [6.45, 7) is 14.7. The summed E-state index contributed by atoms with van der Waals surface area (Å²) in [6.07, 6.45) is 2.10. The topological polar surface area (TPSA) is 57.5 Å². The van der Waals surface area contributed by atoms with E-state index in [2.05, 4.69) is 76.3 Å². The van der Waals surface area contributed by atoms with Crippen LogP contribution in [0, 0.1) is 19.8 Å². The Morgan fingerprint density at radius 2 is 1.85 bits per heavy atom. The smallest absolute Gasteiger partial charge is 0.191 e. The van der Waals surface area contributed by atoms with Gasteiger partial charge >= 0.3 is 0 Å². The molecule has 0 amide bonds. The van der Waals surface area contributed by atoms with Crippen molar-refractivity contribution in [2.24, 2.45) is 18.0 Å². The first-order valence-corrected chi connectivity index (χ1v) is 9.85. The number of aliphatic imine (C=N–C) groups is 1. The van der Waals surface area contributed by atoms with Crippen LogP contribution in [-0.4, -0.2) is 59.9 Å². The van der Waals surface area contributed by atoms with Gasteiger partial charge in [0.25, 0.3) is 0 Å². The molecule has 6 nitrogen and oxygen atoms in total. The van der Waals surface area contributed by atoms with Crippen molar-refractivity contribution in [1.82, 2.24) is 25.3 Å². The molecule has 1 aromatic heterocycles. The van der Waals surface area contributed by atoms with Crippen molar-refractivity contribution in [3.63, 3.8) is 0 Å². The van der Waals surface area contributed by atoms with E-state index in [-0.39, 0.29) is 30.0 Å². The van der Waals surface area contributed by atoms with E-state index in [0.29, 0.717) is 12.0 Å². The predicted octanol–water partition coefficient (Wildman–Crippen LogP) is 3.12. The highest BCUT2D eigenvalue weighted by atomic mass is 127. The van der Waals surface area contributed by atoms with Crippen LogP contribution in [0.25, 0.3) is 0 Å². The van der Waals surface area contributed by atoms with Gasteiger partial charge in [-0.15, -0.1) is 24.0 Å². The highest BCUT2D eigenvalue weighted by molar-refractivity contribution is 14.0. The number of aryl methyl sites for hydroxylation is 2. The SMILES string of the molecule is CCNC(=NCC(CC(C)C)N(C)C)NC(C)Cc1c(C)nn(C)c1C.I. The molecule has 0 aliphatic carbocycles. The molecule has 7 heteroatoms. The summed E-state index contributed by atoms with van der Waals surface area (Å²) >= 11 is 0. The van der Waals surface area contributed by atoms with Gasteiger partial charge in [0.2, 0.25) is 0 Å². The molecule has 0 spiro atoms. The van der Waals surface area contributed by atoms with E-state index in [0.717, 1.165) is 37.6 Å². The first-order valence-electron chi connectivity index (χ1n) is 9.85. The lowest BCUT2D eigenvalue weighted by atomic mass is 10.0. The van der Waals surface area contributed by atoms with Crippen LogP contribution in [-0.2, 0) is 13.5 Å². The molecule has 2 atom stereocenters. The van der Waals surface area contributed by atoms with Gasteiger partial charge < -0.3 is 15.5 Å². The van der Waals surface area contributed by atoms with Crippen LogP contribution in [0.5, 0.6) is 0 Å². The summed E-state index contributed by atoms with van der Waals surface area (Å²) in [5.74, 6) is 1.57. The summed E-state index contributed by atoms with van der Waals surface area (Å²) in [5.41, 5.74) is 3.68. The molecule has 0 aliphatic rings. The van der Waals surface area contributed by atoms with E-state index in [4.69, 9.17) is 4.99 Å². The summed E-state index contributed by atoms with van der Waals surface area (Å²) in [5, 5.41) is 11.5. The van der Waals surface area contributed by atoms with Gasteiger partial charge in [0.15, 0.2) is 5.96 Å². The standard InChI is InChI=1S/C20H40N6.HI/c1-10-21-20(22-13-18(25(7)8)11-14(2)3)23-15(4)12-19-16(5)24-26(9)17(19)6;/h14-15,18H,10-13H2,1-9H3,(H2,21,22,23);1H. The Hall–Kier alpha value is -0.830. The summed E-state index contributed by atoms with van der Waals surface area (Å²) in [7, 11) is 6.28. The van der Waals surface area contributed by atoms with Crippen LogP contribution in [0.2, 0.25) is 0 Å². The second-order valence-corrected chi connectivity index (χ2v) is 7.99. The fourth-order valence-electron chi connectivity index (χ4n) is 3.21. The lowest BCUT2D eigenvalue weighted by Crippen LogP contribution is -2.44. The Bertz CT molecular complexity index is 579. The molecule has 158 valence electrons. The van der Waals surface area contributed by atoms with Crippen molar-refractivity contribution >= 4 is 29.9 Å². The molecule has 1 heterocycles. The number of nitrogens with zero attached hydrogens (tertiary/aromatic N) is 4. The van der Waals surface area contributed by atoms with Crippen LogP contribution in [0.4, 0.5) is 0 Å². The number of hydrogen-bond donors (Lipinski definition) is 2.